The zero-order chi connectivity index (χ0) is 15.8. The summed E-state index contributed by atoms with van der Waals surface area (Å²) in [7, 11) is 0. The van der Waals surface area contributed by atoms with Crippen LogP contribution in [0.5, 0.6) is 0 Å². The van der Waals surface area contributed by atoms with Crippen molar-refractivity contribution in [3.63, 3.8) is 0 Å². The van der Waals surface area contributed by atoms with Crippen molar-refractivity contribution < 1.29 is 5.11 Å². The third kappa shape index (κ3) is 2.26. The summed E-state index contributed by atoms with van der Waals surface area (Å²) < 4.78 is 0. The lowest BCUT2D eigenvalue weighted by Crippen LogP contribution is -1.99. The molecule has 0 spiro atoms. The molecule has 1 N–H and O–H groups in total. The maximum atomic E-state index is 10.3. The number of rotatable bonds is 2. The fourth-order valence-corrected chi connectivity index (χ4v) is 3.10. The van der Waals surface area contributed by atoms with Crippen LogP contribution in [0.3, 0.4) is 0 Å². The summed E-state index contributed by atoms with van der Waals surface area (Å²) in [5.74, 6) is 0. The van der Waals surface area contributed by atoms with E-state index in [-0.39, 0.29) is 0 Å². The SMILES string of the molecule is C[C@@H](O)c1ccc2ccccc2c1-c1ncnc2ccccc12. The molecular weight excluding hydrogens is 284 g/mol. The zero-order valence-corrected chi connectivity index (χ0v) is 12.8. The molecule has 4 rings (SSSR count). The summed E-state index contributed by atoms with van der Waals surface area (Å²) in [6.07, 6.45) is 1.02. The molecule has 0 fully saturated rings. The van der Waals surface area contributed by atoms with Crippen molar-refractivity contribution in [3.8, 4) is 11.3 Å². The highest BCUT2D eigenvalue weighted by molar-refractivity contribution is 6.04. The number of hydrogen-bond donors (Lipinski definition) is 1. The molecule has 3 aromatic carbocycles. The first-order valence-corrected chi connectivity index (χ1v) is 7.65. The Balaban J connectivity index is 2.17. The molecule has 3 heteroatoms. The molecule has 4 aromatic rings. The van der Waals surface area contributed by atoms with Crippen molar-refractivity contribution in [2.75, 3.05) is 0 Å². The zero-order valence-electron chi connectivity index (χ0n) is 12.8. The maximum absolute atomic E-state index is 10.3. The normalized spacial score (nSPS) is 12.6. The largest absolute Gasteiger partial charge is 0.389 e. The summed E-state index contributed by atoms with van der Waals surface area (Å²) in [6.45, 7) is 1.79. The standard InChI is InChI=1S/C20H16N2O/c1-13(23)15-11-10-14-6-2-3-7-16(14)19(15)20-17-8-4-5-9-18(17)21-12-22-20/h2-13,23H,1H3/t13-/m1/s1. The van der Waals surface area contributed by atoms with Gasteiger partial charge in [0.05, 0.1) is 17.3 Å². The van der Waals surface area contributed by atoms with Gasteiger partial charge in [-0.05, 0) is 29.3 Å². The number of aromatic nitrogens is 2. The van der Waals surface area contributed by atoms with E-state index in [0.717, 1.165) is 38.5 Å². The van der Waals surface area contributed by atoms with Crippen molar-refractivity contribution in [3.05, 3.63) is 72.6 Å². The highest BCUT2D eigenvalue weighted by atomic mass is 16.3. The summed E-state index contributed by atoms with van der Waals surface area (Å²) in [6, 6.07) is 20.2. The van der Waals surface area contributed by atoms with Gasteiger partial charge >= 0.3 is 0 Å². The molecule has 0 amide bonds. The average Bonchev–Trinajstić information content (AvgIpc) is 2.60. The lowest BCUT2D eigenvalue weighted by molar-refractivity contribution is 0.200. The Kier molecular flexibility index (Phi) is 3.28. The van der Waals surface area contributed by atoms with Gasteiger partial charge in [0.15, 0.2) is 0 Å². The molecule has 1 aromatic heterocycles. The van der Waals surface area contributed by atoms with Crippen LogP contribution in [0.1, 0.15) is 18.6 Å². The van der Waals surface area contributed by atoms with Crippen LogP contribution in [0.4, 0.5) is 0 Å². The minimum Gasteiger partial charge on any atom is -0.389 e. The minimum atomic E-state index is -0.566. The van der Waals surface area contributed by atoms with Gasteiger partial charge < -0.3 is 5.11 Å². The van der Waals surface area contributed by atoms with Gasteiger partial charge in [-0.25, -0.2) is 9.97 Å². The van der Waals surface area contributed by atoms with E-state index >= 15 is 0 Å². The first kappa shape index (κ1) is 13.9. The molecule has 0 radical (unpaired) electrons. The first-order chi connectivity index (χ1) is 11.3. The van der Waals surface area contributed by atoms with Crippen LogP contribution in [0.2, 0.25) is 0 Å². The molecule has 0 unspecified atom stereocenters. The van der Waals surface area contributed by atoms with Crippen LogP contribution in [0.25, 0.3) is 32.9 Å². The first-order valence-electron chi connectivity index (χ1n) is 7.65. The predicted octanol–water partition coefficient (Wildman–Crippen LogP) is 4.50. The number of aliphatic hydroxyl groups is 1. The van der Waals surface area contributed by atoms with E-state index in [0.29, 0.717) is 0 Å². The van der Waals surface area contributed by atoms with Crippen LogP contribution in [-0.4, -0.2) is 15.1 Å². The molecule has 0 aliphatic carbocycles. The number of hydrogen-bond acceptors (Lipinski definition) is 3. The second-order valence-electron chi connectivity index (χ2n) is 5.67. The fraction of sp³-hybridized carbons (Fsp3) is 0.100. The van der Waals surface area contributed by atoms with Gasteiger partial charge in [-0.1, -0.05) is 54.6 Å². The highest BCUT2D eigenvalue weighted by Gasteiger charge is 2.16. The molecule has 0 saturated heterocycles. The van der Waals surface area contributed by atoms with Crippen molar-refractivity contribution in [1.29, 1.82) is 0 Å². The van der Waals surface area contributed by atoms with E-state index in [1.165, 1.54) is 0 Å². The van der Waals surface area contributed by atoms with E-state index in [1.807, 2.05) is 48.5 Å². The van der Waals surface area contributed by atoms with E-state index < -0.39 is 6.10 Å². The number of benzene rings is 3. The van der Waals surface area contributed by atoms with Gasteiger partial charge in [-0.3, -0.25) is 0 Å². The molecule has 0 bridgehead atoms. The lowest BCUT2D eigenvalue weighted by atomic mass is 9.92. The summed E-state index contributed by atoms with van der Waals surface area (Å²) in [5, 5.41) is 13.5. The molecule has 23 heavy (non-hydrogen) atoms. The summed E-state index contributed by atoms with van der Waals surface area (Å²) >= 11 is 0. The van der Waals surface area contributed by atoms with Gasteiger partial charge in [0.2, 0.25) is 0 Å². The second kappa shape index (κ2) is 5.45. The molecule has 112 valence electrons. The van der Waals surface area contributed by atoms with Crippen molar-refractivity contribution in [2.45, 2.75) is 13.0 Å². The van der Waals surface area contributed by atoms with E-state index in [1.54, 1.807) is 13.3 Å². The quantitative estimate of drug-likeness (QED) is 0.592. The number of aliphatic hydroxyl groups excluding tert-OH is 1. The van der Waals surface area contributed by atoms with E-state index in [9.17, 15) is 5.11 Å². The Morgan fingerprint density at radius 2 is 1.57 bits per heavy atom. The Bertz CT molecular complexity index is 1000. The average molecular weight is 300 g/mol. The lowest BCUT2D eigenvalue weighted by Gasteiger charge is -2.16. The third-order valence-electron chi connectivity index (χ3n) is 4.19. The molecular formula is C20H16N2O. The molecule has 0 aliphatic rings. The van der Waals surface area contributed by atoms with Crippen molar-refractivity contribution in [1.82, 2.24) is 9.97 Å². The smallest absolute Gasteiger partial charge is 0.116 e. The van der Waals surface area contributed by atoms with Gasteiger partial charge in [0, 0.05) is 10.9 Å². The van der Waals surface area contributed by atoms with Crippen molar-refractivity contribution >= 4 is 21.7 Å². The maximum Gasteiger partial charge on any atom is 0.116 e. The minimum absolute atomic E-state index is 0.566. The van der Waals surface area contributed by atoms with Gasteiger partial charge in [-0.15, -0.1) is 0 Å². The summed E-state index contributed by atoms with van der Waals surface area (Å²) in [4.78, 5) is 8.90. The van der Waals surface area contributed by atoms with Gasteiger partial charge in [-0.2, -0.15) is 0 Å². The number of para-hydroxylation sites is 1. The van der Waals surface area contributed by atoms with Crippen LogP contribution in [0, 0.1) is 0 Å². The number of fused-ring (bicyclic) bond motifs is 2. The van der Waals surface area contributed by atoms with E-state index in [2.05, 4.69) is 22.1 Å². The Morgan fingerprint density at radius 1 is 0.826 bits per heavy atom. The molecule has 0 aliphatic heterocycles. The molecule has 3 nitrogen and oxygen atoms in total. The molecule has 1 heterocycles. The highest BCUT2D eigenvalue weighted by Crippen LogP contribution is 2.37. The third-order valence-corrected chi connectivity index (χ3v) is 4.19. The van der Waals surface area contributed by atoms with E-state index in [4.69, 9.17) is 0 Å². The Hall–Kier alpha value is -2.78. The molecule has 1 atom stereocenters. The second-order valence-corrected chi connectivity index (χ2v) is 5.67. The molecule has 0 saturated carbocycles. The fourth-order valence-electron chi connectivity index (χ4n) is 3.10. The monoisotopic (exact) mass is 300 g/mol. The van der Waals surface area contributed by atoms with Gasteiger partial charge in [0.25, 0.3) is 0 Å². The topological polar surface area (TPSA) is 46.0 Å². The Morgan fingerprint density at radius 3 is 2.39 bits per heavy atom. The predicted molar refractivity (Wildman–Crippen MR) is 93.1 cm³/mol. The van der Waals surface area contributed by atoms with Gasteiger partial charge in [0.1, 0.15) is 6.33 Å². The van der Waals surface area contributed by atoms with Crippen molar-refractivity contribution in [2.24, 2.45) is 0 Å². The van der Waals surface area contributed by atoms with Crippen LogP contribution in [-0.2, 0) is 0 Å². The number of nitrogens with zero attached hydrogens (tertiary/aromatic N) is 2. The Labute approximate surface area is 134 Å². The van der Waals surface area contributed by atoms with Crippen LogP contribution >= 0.6 is 0 Å². The van der Waals surface area contributed by atoms with Crippen LogP contribution in [0.15, 0.2) is 67.0 Å². The van der Waals surface area contributed by atoms with Crippen LogP contribution < -0.4 is 0 Å². The summed E-state index contributed by atoms with van der Waals surface area (Å²) in [5.41, 5.74) is 3.63.